The average molecular weight is 520 g/mol. The summed E-state index contributed by atoms with van der Waals surface area (Å²) in [4.78, 5) is 28.6. The summed E-state index contributed by atoms with van der Waals surface area (Å²) in [6.07, 6.45) is 3.65. The van der Waals surface area contributed by atoms with Crippen LogP contribution in [0.15, 0.2) is 85.1 Å². The van der Waals surface area contributed by atoms with Gasteiger partial charge in [-0.1, -0.05) is 24.3 Å². The first-order chi connectivity index (χ1) is 18.9. The fourth-order valence-corrected chi connectivity index (χ4v) is 4.87. The molecule has 0 aliphatic heterocycles. The molecule has 1 saturated carbocycles. The summed E-state index contributed by atoms with van der Waals surface area (Å²) in [5.41, 5.74) is 5.88. The van der Waals surface area contributed by atoms with Crippen molar-refractivity contribution < 1.29 is 14.0 Å². The molecule has 2 aromatic heterocycles. The Kier molecular flexibility index (Phi) is 6.15. The molecule has 0 saturated heterocycles. The van der Waals surface area contributed by atoms with Gasteiger partial charge in [0.1, 0.15) is 17.0 Å². The molecule has 39 heavy (non-hydrogen) atoms. The summed E-state index contributed by atoms with van der Waals surface area (Å²) in [5, 5.41) is 11.7. The van der Waals surface area contributed by atoms with E-state index in [4.69, 9.17) is 0 Å². The molecule has 5 aromatic rings. The lowest BCUT2D eigenvalue weighted by molar-refractivity contribution is 0.0962. The van der Waals surface area contributed by atoms with E-state index < -0.39 is 0 Å². The molecule has 0 bridgehead atoms. The van der Waals surface area contributed by atoms with E-state index >= 15 is 0 Å². The van der Waals surface area contributed by atoms with Gasteiger partial charge in [0, 0.05) is 35.5 Å². The molecule has 1 aliphatic carbocycles. The quantitative estimate of drug-likeness (QED) is 0.313. The summed E-state index contributed by atoms with van der Waals surface area (Å²) in [5.74, 6) is -0.748. The highest BCUT2D eigenvalue weighted by Crippen LogP contribution is 2.35. The number of nitrogens with one attached hydrogen (secondary N) is 1. The van der Waals surface area contributed by atoms with Crippen molar-refractivity contribution in [3.8, 4) is 22.4 Å². The number of benzene rings is 3. The lowest BCUT2D eigenvalue weighted by Crippen LogP contribution is -2.33. The molecule has 3 aromatic carbocycles. The lowest BCUT2D eigenvalue weighted by Gasteiger charge is -2.23. The molecule has 1 fully saturated rings. The largest absolute Gasteiger partial charge is 0.355 e. The molecular formula is C31H26FN5O2. The van der Waals surface area contributed by atoms with Crippen LogP contribution in [0.3, 0.4) is 0 Å². The zero-order valence-corrected chi connectivity index (χ0v) is 21.6. The van der Waals surface area contributed by atoms with Crippen LogP contribution in [0.5, 0.6) is 0 Å². The van der Waals surface area contributed by atoms with E-state index in [1.807, 2.05) is 66.4 Å². The van der Waals surface area contributed by atoms with Gasteiger partial charge >= 0.3 is 0 Å². The number of aromatic nitrogens is 3. The van der Waals surface area contributed by atoms with E-state index in [0.717, 1.165) is 35.2 Å². The van der Waals surface area contributed by atoms with Gasteiger partial charge in [-0.25, -0.2) is 4.39 Å². The predicted octanol–water partition coefficient (Wildman–Crippen LogP) is 5.68. The standard InChI is InChI=1S/C31H26FN5O2/c1-19-8-9-21(31(39)36(25-14-15-25)24-6-4-3-5-7-24)16-26(19)22-17-27-28(30(38)33-2)29(35-37(27)34-18-22)20-10-12-23(32)13-11-20/h3-13,16-18,25H,14-15H2,1-2H3,(H,33,38). The van der Waals surface area contributed by atoms with Crippen molar-refractivity contribution in [2.75, 3.05) is 11.9 Å². The van der Waals surface area contributed by atoms with E-state index in [0.29, 0.717) is 27.9 Å². The van der Waals surface area contributed by atoms with Crippen LogP contribution in [0.1, 0.15) is 39.1 Å². The Hall–Kier alpha value is -4.85. The zero-order chi connectivity index (χ0) is 27.1. The maximum absolute atomic E-state index is 13.7. The number of para-hydroxylation sites is 1. The van der Waals surface area contributed by atoms with Crippen molar-refractivity contribution in [3.63, 3.8) is 0 Å². The fraction of sp³-hybridized carbons (Fsp3) is 0.161. The first kappa shape index (κ1) is 24.5. The van der Waals surface area contributed by atoms with E-state index in [1.54, 1.807) is 25.4 Å². The van der Waals surface area contributed by atoms with E-state index in [9.17, 15) is 14.0 Å². The van der Waals surface area contributed by atoms with E-state index in [2.05, 4.69) is 15.5 Å². The van der Waals surface area contributed by atoms with Crippen molar-refractivity contribution >= 4 is 23.0 Å². The number of rotatable bonds is 6. The molecule has 0 unspecified atom stereocenters. The molecule has 6 rings (SSSR count). The normalized spacial score (nSPS) is 12.9. The molecular weight excluding hydrogens is 493 g/mol. The highest BCUT2D eigenvalue weighted by atomic mass is 19.1. The zero-order valence-electron chi connectivity index (χ0n) is 21.6. The van der Waals surface area contributed by atoms with Crippen LogP contribution in [-0.2, 0) is 0 Å². The van der Waals surface area contributed by atoms with E-state index in [1.165, 1.54) is 16.8 Å². The lowest BCUT2D eigenvalue weighted by atomic mass is 9.98. The van der Waals surface area contributed by atoms with Crippen LogP contribution in [-0.4, -0.2) is 39.7 Å². The summed E-state index contributed by atoms with van der Waals surface area (Å²) >= 11 is 0. The minimum absolute atomic E-state index is 0.0482. The monoisotopic (exact) mass is 519 g/mol. The van der Waals surface area contributed by atoms with Crippen LogP contribution < -0.4 is 10.2 Å². The highest BCUT2D eigenvalue weighted by Gasteiger charge is 2.34. The first-order valence-electron chi connectivity index (χ1n) is 12.8. The van der Waals surface area contributed by atoms with Gasteiger partial charge in [-0.3, -0.25) is 9.59 Å². The van der Waals surface area contributed by atoms with E-state index in [-0.39, 0.29) is 23.7 Å². The summed E-state index contributed by atoms with van der Waals surface area (Å²) < 4.78 is 15.0. The molecule has 1 N–H and O–H groups in total. The van der Waals surface area contributed by atoms with Crippen LogP contribution in [0.2, 0.25) is 0 Å². The Morgan fingerprint density at radius 3 is 2.41 bits per heavy atom. The Balaban J connectivity index is 1.44. The first-order valence-corrected chi connectivity index (χ1v) is 12.8. The molecule has 0 radical (unpaired) electrons. The van der Waals surface area contributed by atoms with Crippen molar-refractivity contribution in [1.29, 1.82) is 0 Å². The second-order valence-corrected chi connectivity index (χ2v) is 9.70. The maximum Gasteiger partial charge on any atom is 0.258 e. The number of hydrogen-bond donors (Lipinski definition) is 1. The van der Waals surface area contributed by atoms with Gasteiger partial charge in [0.05, 0.1) is 11.8 Å². The third-order valence-corrected chi connectivity index (χ3v) is 7.03. The van der Waals surface area contributed by atoms with Crippen molar-refractivity contribution in [1.82, 2.24) is 20.1 Å². The molecule has 8 heteroatoms. The smallest absolute Gasteiger partial charge is 0.258 e. The number of fused-ring (bicyclic) bond motifs is 1. The minimum atomic E-state index is -0.373. The van der Waals surface area contributed by atoms with Gasteiger partial charge in [0.25, 0.3) is 11.8 Å². The van der Waals surface area contributed by atoms with Gasteiger partial charge in [-0.05, 0) is 85.5 Å². The predicted molar refractivity (Wildman–Crippen MR) is 148 cm³/mol. The Morgan fingerprint density at radius 1 is 0.974 bits per heavy atom. The number of amides is 2. The number of nitrogens with zero attached hydrogens (tertiary/aromatic N) is 4. The van der Waals surface area contributed by atoms with Crippen molar-refractivity contribution in [2.45, 2.75) is 25.8 Å². The van der Waals surface area contributed by atoms with Crippen LogP contribution in [0.25, 0.3) is 27.9 Å². The molecule has 0 spiro atoms. The third kappa shape index (κ3) is 4.54. The van der Waals surface area contributed by atoms with Gasteiger partial charge in [0.2, 0.25) is 0 Å². The summed E-state index contributed by atoms with van der Waals surface area (Å²) in [6, 6.07) is 23.3. The SMILES string of the molecule is CNC(=O)c1c(-c2ccc(F)cc2)nn2ncc(-c3cc(C(=O)N(c4ccccc4)C4CC4)ccc3C)cc12. The summed E-state index contributed by atoms with van der Waals surface area (Å²) in [7, 11) is 1.55. The molecule has 2 heterocycles. The number of halogens is 1. The number of anilines is 1. The van der Waals surface area contributed by atoms with Crippen molar-refractivity contribution in [3.05, 3.63) is 108 Å². The van der Waals surface area contributed by atoms with Crippen LogP contribution in [0.4, 0.5) is 10.1 Å². The minimum Gasteiger partial charge on any atom is -0.355 e. The van der Waals surface area contributed by atoms with Crippen LogP contribution in [0, 0.1) is 12.7 Å². The van der Waals surface area contributed by atoms with Gasteiger partial charge in [-0.15, -0.1) is 5.10 Å². The Labute approximate surface area is 224 Å². The van der Waals surface area contributed by atoms with Gasteiger partial charge < -0.3 is 10.2 Å². The molecule has 0 atom stereocenters. The third-order valence-electron chi connectivity index (χ3n) is 7.03. The Morgan fingerprint density at radius 2 is 1.72 bits per heavy atom. The number of carbonyl (C=O) groups is 2. The number of carbonyl (C=O) groups excluding carboxylic acids is 2. The maximum atomic E-state index is 13.7. The van der Waals surface area contributed by atoms with Gasteiger partial charge in [-0.2, -0.15) is 9.73 Å². The molecule has 1 aliphatic rings. The summed E-state index contributed by atoms with van der Waals surface area (Å²) in [6.45, 7) is 1.98. The van der Waals surface area contributed by atoms with Gasteiger partial charge in [0.15, 0.2) is 0 Å². The molecule has 7 nitrogen and oxygen atoms in total. The topological polar surface area (TPSA) is 79.6 Å². The Bertz CT molecular complexity index is 1710. The fourth-order valence-electron chi connectivity index (χ4n) is 4.87. The molecule has 194 valence electrons. The van der Waals surface area contributed by atoms with Crippen LogP contribution >= 0.6 is 0 Å². The second kappa shape index (κ2) is 9.79. The average Bonchev–Trinajstić information content (AvgIpc) is 3.72. The number of hydrogen-bond acceptors (Lipinski definition) is 4. The second-order valence-electron chi connectivity index (χ2n) is 9.70. The number of aryl methyl sites for hydroxylation is 1. The highest BCUT2D eigenvalue weighted by molar-refractivity contribution is 6.08. The molecule has 2 amide bonds. The van der Waals surface area contributed by atoms with Crippen molar-refractivity contribution in [2.24, 2.45) is 0 Å².